The topological polar surface area (TPSA) is 86.7 Å². The van der Waals surface area contributed by atoms with Gasteiger partial charge in [-0.05, 0) is 12.1 Å². The number of sulfone groups is 1. The maximum Gasteiger partial charge on any atom is 0.347 e. The van der Waals surface area contributed by atoms with Crippen molar-refractivity contribution in [3.8, 4) is 0 Å². The molecule has 0 radical (unpaired) electrons. The fourth-order valence-electron chi connectivity index (χ4n) is 1.77. The van der Waals surface area contributed by atoms with E-state index in [1.165, 1.54) is 12.1 Å². The van der Waals surface area contributed by atoms with Gasteiger partial charge in [-0.3, -0.25) is 4.79 Å². The largest absolute Gasteiger partial charge is 0.463 e. The summed E-state index contributed by atoms with van der Waals surface area (Å²) in [5, 5.41) is 0. The van der Waals surface area contributed by atoms with Crippen molar-refractivity contribution in [2.45, 2.75) is 23.8 Å². The molecule has 0 N–H and O–H groups in total. The van der Waals surface area contributed by atoms with Crippen molar-refractivity contribution >= 4 is 21.8 Å². The number of hydrogen-bond donors (Lipinski definition) is 0. The number of ether oxygens (including phenoxy) is 2. The van der Waals surface area contributed by atoms with Gasteiger partial charge < -0.3 is 9.47 Å². The molecule has 0 amide bonds. The molecule has 0 bridgehead atoms. The van der Waals surface area contributed by atoms with E-state index in [9.17, 15) is 18.0 Å². The molecule has 108 valence electrons. The van der Waals surface area contributed by atoms with Crippen molar-refractivity contribution < 1.29 is 27.5 Å². The SMILES string of the molecule is O=C(CCS(=O)(=O)c1ccccc1)OC1CCOC1=O. The number of benzene rings is 1. The molecule has 0 saturated carbocycles. The lowest BCUT2D eigenvalue weighted by atomic mass is 10.3. The Morgan fingerprint density at radius 3 is 2.60 bits per heavy atom. The van der Waals surface area contributed by atoms with E-state index < -0.39 is 27.9 Å². The van der Waals surface area contributed by atoms with Crippen LogP contribution in [0.15, 0.2) is 35.2 Å². The summed E-state index contributed by atoms with van der Waals surface area (Å²) in [7, 11) is -3.52. The molecule has 1 aromatic carbocycles. The van der Waals surface area contributed by atoms with Crippen LogP contribution >= 0.6 is 0 Å². The quantitative estimate of drug-likeness (QED) is 0.744. The van der Waals surface area contributed by atoms with Crippen LogP contribution < -0.4 is 0 Å². The van der Waals surface area contributed by atoms with Crippen LogP contribution in [0.5, 0.6) is 0 Å². The monoisotopic (exact) mass is 298 g/mol. The lowest BCUT2D eigenvalue weighted by Gasteiger charge is -2.08. The number of hydrogen-bond acceptors (Lipinski definition) is 6. The van der Waals surface area contributed by atoms with Crippen molar-refractivity contribution in [3.63, 3.8) is 0 Å². The molecule has 0 spiro atoms. The molecule has 20 heavy (non-hydrogen) atoms. The molecule has 1 fully saturated rings. The zero-order valence-electron chi connectivity index (χ0n) is 10.7. The summed E-state index contributed by atoms with van der Waals surface area (Å²) in [6.45, 7) is 0.221. The van der Waals surface area contributed by atoms with Crippen molar-refractivity contribution in [2.24, 2.45) is 0 Å². The molecule has 7 heteroatoms. The van der Waals surface area contributed by atoms with Gasteiger partial charge in [0.1, 0.15) is 0 Å². The van der Waals surface area contributed by atoms with Crippen molar-refractivity contribution in [1.82, 2.24) is 0 Å². The minimum Gasteiger partial charge on any atom is -0.463 e. The first kappa shape index (κ1) is 14.5. The summed E-state index contributed by atoms with van der Waals surface area (Å²) in [4.78, 5) is 22.8. The molecule has 1 saturated heterocycles. The van der Waals surface area contributed by atoms with Gasteiger partial charge in [0.05, 0.1) is 23.7 Å². The molecule has 1 aliphatic heterocycles. The number of cyclic esters (lactones) is 1. The molecule has 6 nitrogen and oxygen atoms in total. The Bertz CT molecular complexity index is 593. The van der Waals surface area contributed by atoms with Crippen LogP contribution in [0.4, 0.5) is 0 Å². The highest BCUT2D eigenvalue weighted by Gasteiger charge is 2.30. The molecule has 1 aromatic rings. The Kier molecular flexibility index (Phi) is 4.39. The zero-order valence-corrected chi connectivity index (χ0v) is 11.5. The Morgan fingerprint density at radius 1 is 1.30 bits per heavy atom. The second-order valence-electron chi connectivity index (χ2n) is 4.32. The van der Waals surface area contributed by atoms with Crippen LogP contribution in [0.2, 0.25) is 0 Å². The molecular weight excluding hydrogens is 284 g/mol. The normalized spacial score (nSPS) is 18.6. The maximum absolute atomic E-state index is 11.9. The molecule has 1 unspecified atom stereocenters. The van der Waals surface area contributed by atoms with Crippen LogP contribution in [0.3, 0.4) is 0 Å². The molecule has 1 heterocycles. The molecule has 1 atom stereocenters. The van der Waals surface area contributed by atoms with Gasteiger partial charge in [0.25, 0.3) is 0 Å². The Morgan fingerprint density at radius 2 is 2.00 bits per heavy atom. The van der Waals surface area contributed by atoms with Crippen LogP contribution in [0.25, 0.3) is 0 Å². The summed E-state index contributed by atoms with van der Waals surface area (Å²) in [6, 6.07) is 7.86. The Labute approximate surface area is 116 Å². The minimum absolute atomic E-state index is 0.160. The second-order valence-corrected chi connectivity index (χ2v) is 6.43. The lowest BCUT2D eigenvalue weighted by Crippen LogP contribution is -2.24. The molecule has 1 aliphatic rings. The van der Waals surface area contributed by atoms with E-state index in [0.29, 0.717) is 6.42 Å². The van der Waals surface area contributed by atoms with Gasteiger partial charge in [0.2, 0.25) is 6.10 Å². The lowest BCUT2D eigenvalue weighted by molar-refractivity contribution is -0.159. The first-order valence-corrected chi connectivity index (χ1v) is 7.78. The smallest absolute Gasteiger partial charge is 0.347 e. The van der Waals surface area contributed by atoms with E-state index in [1.54, 1.807) is 18.2 Å². The van der Waals surface area contributed by atoms with E-state index in [4.69, 9.17) is 4.74 Å². The summed E-state index contributed by atoms with van der Waals surface area (Å²) in [5.74, 6) is -1.64. The third-order valence-electron chi connectivity index (χ3n) is 2.84. The molecule has 0 aliphatic carbocycles. The highest BCUT2D eigenvalue weighted by atomic mass is 32.2. The highest BCUT2D eigenvalue weighted by Crippen LogP contribution is 2.14. The van der Waals surface area contributed by atoms with Crippen LogP contribution in [0.1, 0.15) is 12.8 Å². The fraction of sp³-hybridized carbons (Fsp3) is 0.385. The fourth-order valence-corrected chi connectivity index (χ4v) is 3.01. The van der Waals surface area contributed by atoms with Crippen LogP contribution in [0, 0.1) is 0 Å². The number of carbonyl (C=O) groups is 2. The zero-order chi connectivity index (χ0) is 14.6. The summed E-state index contributed by atoms with van der Waals surface area (Å²) < 4.78 is 33.4. The van der Waals surface area contributed by atoms with Gasteiger partial charge in [-0.25, -0.2) is 13.2 Å². The number of rotatable bonds is 5. The van der Waals surface area contributed by atoms with E-state index in [-0.39, 0.29) is 23.7 Å². The van der Waals surface area contributed by atoms with Crippen LogP contribution in [-0.2, 0) is 28.9 Å². The first-order chi connectivity index (χ1) is 9.49. The van der Waals surface area contributed by atoms with Crippen molar-refractivity contribution in [3.05, 3.63) is 30.3 Å². The third-order valence-corrected chi connectivity index (χ3v) is 4.57. The Hall–Kier alpha value is -1.89. The van der Waals surface area contributed by atoms with E-state index in [0.717, 1.165) is 0 Å². The highest BCUT2D eigenvalue weighted by molar-refractivity contribution is 7.91. The summed E-state index contributed by atoms with van der Waals surface area (Å²) >= 11 is 0. The van der Waals surface area contributed by atoms with Gasteiger partial charge in [0.15, 0.2) is 9.84 Å². The van der Waals surface area contributed by atoms with E-state index >= 15 is 0 Å². The summed E-state index contributed by atoms with van der Waals surface area (Å²) in [5.41, 5.74) is 0. The summed E-state index contributed by atoms with van der Waals surface area (Å²) in [6.07, 6.45) is -0.876. The molecule has 0 aromatic heterocycles. The number of esters is 2. The predicted molar refractivity (Wildman–Crippen MR) is 68.6 cm³/mol. The van der Waals surface area contributed by atoms with Crippen molar-refractivity contribution in [1.29, 1.82) is 0 Å². The van der Waals surface area contributed by atoms with Crippen molar-refractivity contribution in [2.75, 3.05) is 12.4 Å². The van der Waals surface area contributed by atoms with Gasteiger partial charge in [-0.15, -0.1) is 0 Å². The van der Waals surface area contributed by atoms with Crippen LogP contribution in [-0.4, -0.2) is 38.8 Å². The minimum atomic E-state index is -3.52. The number of carbonyl (C=O) groups excluding carboxylic acids is 2. The van der Waals surface area contributed by atoms with Gasteiger partial charge in [0, 0.05) is 6.42 Å². The third kappa shape index (κ3) is 3.57. The second kappa shape index (κ2) is 6.04. The van der Waals surface area contributed by atoms with Gasteiger partial charge in [-0.2, -0.15) is 0 Å². The van der Waals surface area contributed by atoms with Gasteiger partial charge in [-0.1, -0.05) is 18.2 Å². The molecular formula is C13H14O6S. The first-order valence-electron chi connectivity index (χ1n) is 6.13. The Balaban J connectivity index is 1.88. The van der Waals surface area contributed by atoms with Gasteiger partial charge >= 0.3 is 11.9 Å². The maximum atomic E-state index is 11.9. The average molecular weight is 298 g/mol. The molecule has 2 rings (SSSR count). The van der Waals surface area contributed by atoms with E-state index in [1.807, 2.05) is 0 Å². The van der Waals surface area contributed by atoms with E-state index in [2.05, 4.69) is 4.74 Å². The standard InChI is InChI=1S/C13H14O6S/c14-12(19-11-6-8-18-13(11)15)7-9-20(16,17)10-4-2-1-3-5-10/h1-5,11H,6-9H2. The predicted octanol–water partition coefficient (Wildman–Crippen LogP) is 0.709. The average Bonchev–Trinajstić information content (AvgIpc) is 2.83.